The van der Waals surface area contributed by atoms with E-state index in [9.17, 15) is 14.4 Å². The molecule has 2 amide bonds. The lowest BCUT2D eigenvalue weighted by Gasteiger charge is -2.12. The van der Waals surface area contributed by atoms with Crippen LogP contribution < -0.4 is 20.1 Å². The summed E-state index contributed by atoms with van der Waals surface area (Å²) in [6.45, 7) is 1.52. The highest BCUT2D eigenvalue weighted by molar-refractivity contribution is 6.05. The third-order valence-corrected chi connectivity index (χ3v) is 4.63. The summed E-state index contributed by atoms with van der Waals surface area (Å²) >= 11 is 0. The second-order valence-corrected chi connectivity index (χ2v) is 7.03. The van der Waals surface area contributed by atoms with Crippen molar-refractivity contribution in [3.05, 3.63) is 95.6 Å². The van der Waals surface area contributed by atoms with E-state index in [0.29, 0.717) is 17.0 Å². The lowest BCUT2D eigenvalue weighted by Crippen LogP contribution is -2.22. The molecular formula is C26H24N2O5. The SMILES string of the molecule is COc1ccccc1/C=C/C(=O)NCc1ccccc1NC(=O)c1cccc(OC(C)=O)c1. The van der Waals surface area contributed by atoms with Crippen LogP contribution in [0, 0.1) is 0 Å². The van der Waals surface area contributed by atoms with Crippen LogP contribution in [0.2, 0.25) is 0 Å². The Bertz CT molecular complexity index is 1190. The zero-order valence-electron chi connectivity index (χ0n) is 18.3. The molecule has 0 radical (unpaired) electrons. The zero-order chi connectivity index (χ0) is 23.6. The van der Waals surface area contributed by atoms with Crippen LogP contribution in [-0.2, 0) is 16.1 Å². The molecule has 3 aromatic carbocycles. The van der Waals surface area contributed by atoms with E-state index >= 15 is 0 Å². The number of para-hydroxylation sites is 2. The first kappa shape index (κ1) is 23.3. The van der Waals surface area contributed by atoms with Crippen LogP contribution in [0.25, 0.3) is 6.08 Å². The van der Waals surface area contributed by atoms with Gasteiger partial charge < -0.3 is 20.1 Å². The summed E-state index contributed by atoms with van der Waals surface area (Å²) in [5.74, 6) is -0.145. The largest absolute Gasteiger partial charge is 0.496 e. The minimum absolute atomic E-state index is 0.221. The monoisotopic (exact) mass is 444 g/mol. The fourth-order valence-corrected chi connectivity index (χ4v) is 3.07. The number of carbonyl (C=O) groups excluding carboxylic acids is 3. The van der Waals surface area contributed by atoms with Gasteiger partial charge in [0.05, 0.1) is 7.11 Å². The van der Waals surface area contributed by atoms with Gasteiger partial charge in [0.2, 0.25) is 5.91 Å². The summed E-state index contributed by atoms with van der Waals surface area (Å²) in [4.78, 5) is 36.2. The maximum atomic E-state index is 12.7. The summed E-state index contributed by atoms with van der Waals surface area (Å²) in [7, 11) is 1.57. The molecular weight excluding hydrogens is 420 g/mol. The van der Waals surface area contributed by atoms with Gasteiger partial charge in [-0.25, -0.2) is 0 Å². The number of carbonyl (C=O) groups is 3. The first-order valence-electron chi connectivity index (χ1n) is 10.2. The Balaban J connectivity index is 1.64. The molecule has 0 aliphatic heterocycles. The normalized spacial score (nSPS) is 10.5. The van der Waals surface area contributed by atoms with Gasteiger partial charge in [0.15, 0.2) is 0 Å². The average molecular weight is 444 g/mol. The van der Waals surface area contributed by atoms with Gasteiger partial charge in [-0.3, -0.25) is 14.4 Å². The van der Waals surface area contributed by atoms with Crippen LogP contribution >= 0.6 is 0 Å². The summed E-state index contributed by atoms with van der Waals surface area (Å²) in [6, 6.07) is 20.9. The molecule has 7 nitrogen and oxygen atoms in total. The molecule has 0 unspecified atom stereocenters. The number of ether oxygens (including phenoxy) is 2. The number of amides is 2. The minimum Gasteiger partial charge on any atom is -0.496 e. The van der Waals surface area contributed by atoms with Gasteiger partial charge in [-0.1, -0.05) is 42.5 Å². The lowest BCUT2D eigenvalue weighted by molar-refractivity contribution is -0.131. The molecule has 0 saturated heterocycles. The van der Waals surface area contributed by atoms with Crippen LogP contribution in [0.4, 0.5) is 5.69 Å². The van der Waals surface area contributed by atoms with Gasteiger partial charge in [0.25, 0.3) is 5.91 Å². The predicted molar refractivity (Wildman–Crippen MR) is 126 cm³/mol. The van der Waals surface area contributed by atoms with Crippen molar-refractivity contribution in [1.29, 1.82) is 0 Å². The molecule has 2 N–H and O–H groups in total. The predicted octanol–water partition coefficient (Wildman–Crippen LogP) is 4.20. The number of rotatable bonds is 8. The zero-order valence-corrected chi connectivity index (χ0v) is 18.3. The van der Waals surface area contributed by atoms with Crippen LogP contribution in [-0.4, -0.2) is 24.9 Å². The highest BCUT2D eigenvalue weighted by atomic mass is 16.5. The number of hydrogen-bond donors (Lipinski definition) is 2. The smallest absolute Gasteiger partial charge is 0.308 e. The van der Waals surface area contributed by atoms with Gasteiger partial charge in [-0.15, -0.1) is 0 Å². The highest BCUT2D eigenvalue weighted by Crippen LogP contribution is 2.20. The summed E-state index contributed by atoms with van der Waals surface area (Å²) in [5.41, 5.74) is 2.43. The minimum atomic E-state index is -0.464. The van der Waals surface area contributed by atoms with Crippen LogP contribution in [0.5, 0.6) is 11.5 Å². The molecule has 0 aliphatic rings. The Kier molecular flexibility index (Phi) is 7.96. The molecule has 0 fully saturated rings. The lowest BCUT2D eigenvalue weighted by atomic mass is 10.1. The quantitative estimate of drug-likeness (QED) is 0.309. The van der Waals surface area contributed by atoms with Crippen molar-refractivity contribution in [2.75, 3.05) is 12.4 Å². The van der Waals surface area contributed by atoms with Gasteiger partial charge in [0, 0.05) is 36.4 Å². The number of hydrogen-bond acceptors (Lipinski definition) is 5. The Morgan fingerprint density at radius 1 is 0.939 bits per heavy atom. The molecule has 0 heterocycles. The number of methoxy groups -OCH3 is 1. The van der Waals surface area contributed by atoms with Gasteiger partial charge in [-0.2, -0.15) is 0 Å². The van der Waals surface area contributed by atoms with Crippen molar-refractivity contribution < 1.29 is 23.9 Å². The summed E-state index contributed by atoms with van der Waals surface area (Å²) < 4.78 is 10.3. The van der Waals surface area contributed by atoms with Crippen molar-refractivity contribution in [2.24, 2.45) is 0 Å². The standard InChI is InChI=1S/C26H24N2O5/c1-18(29)33-22-11-7-10-20(16-22)26(31)28-23-12-5-3-9-21(23)17-27-25(30)15-14-19-8-4-6-13-24(19)32-2/h3-16H,17H2,1-2H3,(H,27,30)(H,28,31)/b15-14+. The van der Waals surface area contributed by atoms with E-state index in [1.54, 1.807) is 43.5 Å². The number of nitrogens with one attached hydrogen (secondary N) is 2. The Morgan fingerprint density at radius 3 is 2.48 bits per heavy atom. The van der Waals surface area contributed by atoms with Crippen LogP contribution in [0.15, 0.2) is 78.9 Å². The molecule has 0 spiro atoms. The Morgan fingerprint density at radius 2 is 1.70 bits per heavy atom. The first-order valence-corrected chi connectivity index (χ1v) is 10.2. The van der Waals surface area contributed by atoms with Crippen LogP contribution in [0.1, 0.15) is 28.4 Å². The van der Waals surface area contributed by atoms with Gasteiger partial charge in [0.1, 0.15) is 11.5 Å². The van der Waals surface area contributed by atoms with Crippen molar-refractivity contribution in [2.45, 2.75) is 13.5 Å². The van der Waals surface area contributed by atoms with Gasteiger partial charge in [-0.05, 0) is 42.0 Å². The van der Waals surface area contributed by atoms with E-state index in [0.717, 1.165) is 11.1 Å². The number of esters is 1. The second kappa shape index (κ2) is 11.3. The van der Waals surface area contributed by atoms with E-state index in [-0.39, 0.29) is 24.1 Å². The highest BCUT2D eigenvalue weighted by Gasteiger charge is 2.11. The van der Waals surface area contributed by atoms with E-state index in [2.05, 4.69) is 10.6 Å². The van der Waals surface area contributed by atoms with Crippen molar-refractivity contribution in [3.63, 3.8) is 0 Å². The third-order valence-electron chi connectivity index (χ3n) is 4.63. The molecule has 7 heteroatoms. The molecule has 0 saturated carbocycles. The molecule has 0 atom stereocenters. The fourth-order valence-electron chi connectivity index (χ4n) is 3.07. The first-order chi connectivity index (χ1) is 16.0. The molecule has 3 rings (SSSR count). The molecule has 3 aromatic rings. The second-order valence-electron chi connectivity index (χ2n) is 7.03. The molecule has 0 aliphatic carbocycles. The maximum Gasteiger partial charge on any atom is 0.308 e. The number of anilines is 1. The van der Waals surface area contributed by atoms with E-state index < -0.39 is 5.97 Å². The van der Waals surface area contributed by atoms with Crippen molar-refractivity contribution in [3.8, 4) is 11.5 Å². The molecule has 0 bridgehead atoms. The maximum absolute atomic E-state index is 12.7. The van der Waals surface area contributed by atoms with E-state index in [1.165, 1.54) is 19.1 Å². The average Bonchev–Trinajstić information content (AvgIpc) is 2.82. The topological polar surface area (TPSA) is 93.7 Å². The van der Waals surface area contributed by atoms with Crippen LogP contribution in [0.3, 0.4) is 0 Å². The Labute approximate surface area is 192 Å². The fraction of sp³-hybridized carbons (Fsp3) is 0.115. The summed E-state index contributed by atoms with van der Waals surface area (Å²) in [6.07, 6.45) is 3.11. The Hall–Kier alpha value is -4.39. The van der Waals surface area contributed by atoms with Crippen molar-refractivity contribution in [1.82, 2.24) is 5.32 Å². The summed E-state index contributed by atoms with van der Waals surface area (Å²) in [5, 5.41) is 5.65. The van der Waals surface area contributed by atoms with Gasteiger partial charge >= 0.3 is 5.97 Å². The van der Waals surface area contributed by atoms with Crippen molar-refractivity contribution >= 4 is 29.5 Å². The number of benzene rings is 3. The molecule has 168 valence electrons. The van der Waals surface area contributed by atoms with E-state index in [1.807, 2.05) is 36.4 Å². The molecule has 0 aromatic heterocycles. The van der Waals surface area contributed by atoms with E-state index in [4.69, 9.17) is 9.47 Å². The third kappa shape index (κ3) is 6.80. The molecule has 33 heavy (non-hydrogen) atoms.